The molecule has 0 amide bonds. The van der Waals surface area contributed by atoms with Crippen molar-refractivity contribution in [2.75, 3.05) is 0 Å². The summed E-state index contributed by atoms with van der Waals surface area (Å²) in [6, 6.07) is 5.14. The van der Waals surface area contributed by atoms with Crippen LogP contribution >= 0.6 is 12.6 Å². The summed E-state index contributed by atoms with van der Waals surface area (Å²) in [5, 5.41) is 9.85. The SMILES string of the molecule is Cn1cc(CS)c2cc(C(=O)O)ccc21. The van der Waals surface area contributed by atoms with Gasteiger partial charge in [0.05, 0.1) is 5.56 Å². The molecule has 0 saturated carbocycles. The number of rotatable bonds is 2. The van der Waals surface area contributed by atoms with Crippen LogP contribution in [0.2, 0.25) is 0 Å². The number of aromatic carboxylic acids is 1. The highest BCUT2D eigenvalue weighted by atomic mass is 32.1. The molecule has 0 aliphatic rings. The van der Waals surface area contributed by atoms with Crippen LogP contribution in [0.1, 0.15) is 15.9 Å². The van der Waals surface area contributed by atoms with Gasteiger partial charge in [0, 0.05) is 29.9 Å². The highest BCUT2D eigenvalue weighted by molar-refractivity contribution is 7.79. The van der Waals surface area contributed by atoms with E-state index in [4.69, 9.17) is 5.11 Å². The second kappa shape index (κ2) is 3.62. The van der Waals surface area contributed by atoms with Gasteiger partial charge in [-0.15, -0.1) is 0 Å². The molecule has 4 heteroatoms. The Morgan fingerprint density at radius 1 is 1.53 bits per heavy atom. The van der Waals surface area contributed by atoms with Crippen LogP contribution in [-0.2, 0) is 12.8 Å². The predicted molar refractivity (Wildman–Crippen MR) is 62.6 cm³/mol. The Morgan fingerprint density at radius 2 is 2.27 bits per heavy atom. The highest BCUT2D eigenvalue weighted by Crippen LogP contribution is 2.23. The Kier molecular flexibility index (Phi) is 2.44. The molecule has 0 aliphatic carbocycles. The van der Waals surface area contributed by atoms with Gasteiger partial charge in [-0.1, -0.05) is 0 Å². The molecule has 2 aromatic rings. The van der Waals surface area contributed by atoms with Crippen LogP contribution in [0.15, 0.2) is 24.4 Å². The van der Waals surface area contributed by atoms with E-state index in [0.29, 0.717) is 11.3 Å². The number of hydrogen-bond acceptors (Lipinski definition) is 2. The van der Waals surface area contributed by atoms with Crippen molar-refractivity contribution in [3.63, 3.8) is 0 Å². The first-order valence-electron chi connectivity index (χ1n) is 4.55. The van der Waals surface area contributed by atoms with Gasteiger partial charge in [0.2, 0.25) is 0 Å². The quantitative estimate of drug-likeness (QED) is 0.764. The van der Waals surface area contributed by atoms with Gasteiger partial charge in [0.15, 0.2) is 0 Å². The minimum absolute atomic E-state index is 0.316. The zero-order valence-corrected chi connectivity index (χ0v) is 9.16. The van der Waals surface area contributed by atoms with Crippen LogP contribution < -0.4 is 0 Å². The van der Waals surface area contributed by atoms with Gasteiger partial charge in [-0.25, -0.2) is 4.79 Å². The Morgan fingerprint density at radius 3 is 2.87 bits per heavy atom. The molecule has 1 aromatic heterocycles. The van der Waals surface area contributed by atoms with Crippen molar-refractivity contribution < 1.29 is 9.90 Å². The minimum Gasteiger partial charge on any atom is -0.478 e. The van der Waals surface area contributed by atoms with E-state index in [1.165, 1.54) is 0 Å². The zero-order valence-electron chi connectivity index (χ0n) is 8.27. The summed E-state index contributed by atoms with van der Waals surface area (Å²) in [7, 11) is 1.94. The first kappa shape index (κ1) is 10.1. The normalized spacial score (nSPS) is 10.8. The minimum atomic E-state index is -0.897. The Balaban J connectivity index is 2.73. The fourth-order valence-corrected chi connectivity index (χ4v) is 1.98. The van der Waals surface area contributed by atoms with Gasteiger partial charge in [0.25, 0.3) is 0 Å². The van der Waals surface area contributed by atoms with E-state index in [0.717, 1.165) is 16.5 Å². The number of thiol groups is 1. The topological polar surface area (TPSA) is 42.2 Å². The lowest BCUT2D eigenvalue weighted by molar-refractivity contribution is 0.0697. The predicted octanol–water partition coefficient (Wildman–Crippen LogP) is 2.31. The van der Waals surface area contributed by atoms with Crippen LogP contribution in [0.5, 0.6) is 0 Å². The van der Waals surface area contributed by atoms with Crippen molar-refractivity contribution in [2.45, 2.75) is 5.75 Å². The smallest absolute Gasteiger partial charge is 0.335 e. The average Bonchev–Trinajstić information content (AvgIpc) is 2.55. The van der Waals surface area contributed by atoms with Gasteiger partial charge in [-0.2, -0.15) is 12.6 Å². The second-order valence-electron chi connectivity index (χ2n) is 3.46. The third-order valence-electron chi connectivity index (χ3n) is 2.49. The molecule has 0 bridgehead atoms. The molecule has 1 heterocycles. The molecule has 0 spiro atoms. The van der Waals surface area contributed by atoms with Crippen molar-refractivity contribution in [2.24, 2.45) is 7.05 Å². The molecule has 0 unspecified atom stereocenters. The zero-order chi connectivity index (χ0) is 11.0. The van der Waals surface area contributed by atoms with E-state index in [1.54, 1.807) is 12.1 Å². The van der Waals surface area contributed by atoms with Crippen LogP contribution in [0.3, 0.4) is 0 Å². The van der Waals surface area contributed by atoms with Crippen LogP contribution in [-0.4, -0.2) is 15.6 Å². The number of benzene rings is 1. The van der Waals surface area contributed by atoms with E-state index in [-0.39, 0.29) is 0 Å². The standard InChI is InChI=1S/C11H11NO2S/c1-12-5-8(6-15)9-4-7(11(13)14)2-3-10(9)12/h2-5,15H,6H2,1H3,(H,13,14). The molecule has 3 nitrogen and oxygen atoms in total. The van der Waals surface area contributed by atoms with Crippen molar-refractivity contribution >= 4 is 29.5 Å². The van der Waals surface area contributed by atoms with Crippen molar-refractivity contribution in [3.05, 3.63) is 35.5 Å². The lowest BCUT2D eigenvalue weighted by Crippen LogP contribution is -1.95. The number of aryl methyl sites for hydroxylation is 1. The average molecular weight is 221 g/mol. The summed E-state index contributed by atoms with van der Waals surface area (Å²) in [4.78, 5) is 10.8. The molecular weight excluding hydrogens is 210 g/mol. The summed E-state index contributed by atoms with van der Waals surface area (Å²) in [5.41, 5.74) is 2.40. The van der Waals surface area contributed by atoms with Crippen LogP contribution in [0.25, 0.3) is 10.9 Å². The molecule has 1 aromatic carbocycles. The highest BCUT2D eigenvalue weighted by Gasteiger charge is 2.09. The number of fused-ring (bicyclic) bond motifs is 1. The van der Waals surface area contributed by atoms with Gasteiger partial charge in [-0.05, 0) is 23.8 Å². The maximum Gasteiger partial charge on any atom is 0.335 e. The number of nitrogens with zero attached hydrogens (tertiary/aromatic N) is 1. The van der Waals surface area contributed by atoms with E-state index >= 15 is 0 Å². The van der Waals surface area contributed by atoms with Crippen molar-refractivity contribution in [3.8, 4) is 0 Å². The third kappa shape index (κ3) is 1.61. The molecule has 2 rings (SSSR count). The number of carbonyl (C=O) groups is 1. The molecular formula is C11H11NO2S. The van der Waals surface area contributed by atoms with Gasteiger partial charge >= 0.3 is 5.97 Å². The lowest BCUT2D eigenvalue weighted by atomic mass is 10.1. The maximum absolute atomic E-state index is 10.8. The molecule has 0 aliphatic heterocycles. The van der Waals surface area contributed by atoms with E-state index in [9.17, 15) is 4.79 Å². The third-order valence-corrected chi connectivity index (χ3v) is 2.83. The van der Waals surface area contributed by atoms with Crippen LogP contribution in [0, 0.1) is 0 Å². The Hall–Kier alpha value is -1.42. The summed E-state index contributed by atoms with van der Waals surface area (Å²) in [5.74, 6) is -0.286. The van der Waals surface area contributed by atoms with Crippen molar-refractivity contribution in [1.29, 1.82) is 0 Å². The lowest BCUT2D eigenvalue weighted by Gasteiger charge is -1.98. The monoisotopic (exact) mass is 221 g/mol. The van der Waals surface area contributed by atoms with Crippen LogP contribution in [0.4, 0.5) is 0 Å². The fourth-order valence-electron chi connectivity index (χ4n) is 1.73. The largest absolute Gasteiger partial charge is 0.478 e. The van der Waals surface area contributed by atoms with Crippen molar-refractivity contribution in [1.82, 2.24) is 4.57 Å². The Bertz CT molecular complexity index is 531. The first-order chi connectivity index (χ1) is 7.13. The van der Waals surface area contributed by atoms with E-state index < -0.39 is 5.97 Å². The fraction of sp³-hybridized carbons (Fsp3) is 0.182. The number of carboxylic acid groups (broad SMARTS) is 1. The van der Waals surface area contributed by atoms with E-state index in [2.05, 4.69) is 12.6 Å². The molecule has 0 atom stereocenters. The number of carboxylic acids is 1. The molecule has 0 saturated heterocycles. The molecule has 1 N–H and O–H groups in total. The molecule has 78 valence electrons. The molecule has 0 fully saturated rings. The van der Waals surface area contributed by atoms with E-state index in [1.807, 2.05) is 23.9 Å². The van der Waals surface area contributed by atoms with Gasteiger partial charge in [0.1, 0.15) is 0 Å². The number of hydrogen-bond donors (Lipinski definition) is 2. The molecule has 0 radical (unpaired) electrons. The Labute approximate surface area is 92.7 Å². The summed E-state index contributed by atoms with van der Waals surface area (Å²) in [6.07, 6.45) is 1.98. The number of aromatic nitrogens is 1. The molecule has 15 heavy (non-hydrogen) atoms. The summed E-state index contributed by atoms with van der Waals surface area (Å²) >= 11 is 4.22. The summed E-state index contributed by atoms with van der Waals surface area (Å²) in [6.45, 7) is 0. The summed E-state index contributed by atoms with van der Waals surface area (Å²) < 4.78 is 1.98. The maximum atomic E-state index is 10.8. The van der Waals surface area contributed by atoms with Gasteiger partial charge in [-0.3, -0.25) is 0 Å². The first-order valence-corrected chi connectivity index (χ1v) is 5.19. The van der Waals surface area contributed by atoms with Gasteiger partial charge < -0.3 is 9.67 Å². The second-order valence-corrected chi connectivity index (χ2v) is 3.78.